The molecule has 1 aromatic heterocycles. The number of hydrogen-bond donors (Lipinski definition) is 0. The second kappa shape index (κ2) is 5.61. The maximum Gasteiger partial charge on any atom is 0.328 e. The highest BCUT2D eigenvalue weighted by atomic mass is 16.5. The molecule has 1 amide bonds. The maximum absolute atomic E-state index is 12.1. The molecule has 7 nitrogen and oxygen atoms in total. The van der Waals surface area contributed by atoms with Crippen LogP contribution in [0.2, 0.25) is 0 Å². The highest BCUT2D eigenvalue weighted by Gasteiger charge is 2.32. The predicted octanol–water partition coefficient (Wildman–Crippen LogP) is -0.168. The van der Waals surface area contributed by atoms with Crippen LogP contribution in [0.5, 0.6) is 0 Å². The van der Waals surface area contributed by atoms with E-state index in [9.17, 15) is 9.59 Å². The Balaban J connectivity index is 2.04. The lowest BCUT2D eigenvalue weighted by molar-refractivity contribution is -0.155. The van der Waals surface area contributed by atoms with Gasteiger partial charge in [-0.1, -0.05) is 5.21 Å². The second-order valence-corrected chi connectivity index (χ2v) is 4.22. The topological polar surface area (TPSA) is 77.3 Å². The van der Waals surface area contributed by atoms with Crippen molar-refractivity contribution in [3.63, 3.8) is 0 Å². The molecular weight excluding hydrogens is 236 g/mol. The molecular formula is C11H16N4O3. The van der Waals surface area contributed by atoms with Gasteiger partial charge in [-0.05, 0) is 19.3 Å². The van der Waals surface area contributed by atoms with Crippen molar-refractivity contribution in [2.24, 2.45) is 0 Å². The monoisotopic (exact) mass is 252 g/mol. The molecule has 0 bridgehead atoms. The van der Waals surface area contributed by atoms with Gasteiger partial charge in [0.05, 0.1) is 13.3 Å². The van der Waals surface area contributed by atoms with Crippen molar-refractivity contribution < 1.29 is 14.3 Å². The maximum atomic E-state index is 12.1. The number of rotatable bonds is 3. The van der Waals surface area contributed by atoms with E-state index in [1.54, 1.807) is 11.1 Å². The largest absolute Gasteiger partial charge is 0.467 e. The summed E-state index contributed by atoms with van der Waals surface area (Å²) in [4.78, 5) is 25.3. The van der Waals surface area contributed by atoms with Crippen LogP contribution in [0, 0.1) is 0 Å². The summed E-state index contributed by atoms with van der Waals surface area (Å²) in [5.41, 5.74) is 0. The molecule has 1 fully saturated rings. The molecule has 0 aromatic carbocycles. The Labute approximate surface area is 105 Å². The van der Waals surface area contributed by atoms with Crippen molar-refractivity contribution >= 4 is 11.9 Å². The van der Waals surface area contributed by atoms with Crippen LogP contribution < -0.4 is 0 Å². The fraction of sp³-hybridized carbons (Fsp3) is 0.636. The highest BCUT2D eigenvalue weighted by molar-refractivity contribution is 5.84. The third-order valence-corrected chi connectivity index (χ3v) is 3.07. The van der Waals surface area contributed by atoms with E-state index < -0.39 is 6.04 Å². The molecule has 0 N–H and O–H groups in total. The molecule has 1 aliphatic heterocycles. The Morgan fingerprint density at radius 1 is 1.44 bits per heavy atom. The quantitative estimate of drug-likeness (QED) is 0.698. The fourth-order valence-corrected chi connectivity index (χ4v) is 2.16. The number of nitrogens with zero attached hydrogens (tertiary/aromatic N) is 4. The molecule has 7 heteroatoms. The number of piperidine rings is 1. The van der Waals surface area contributed by atoms with E-state index in [2.05, 4.69) is 10.3 Å². The third-order valence-electron chi connectivity index (χ3n) is 3.07. The van der Waals surface area contributed by atoms with Crippen molar-refractivity contribution in [3.05, 3.63) is 12.4 Å². The standard InChI is InChI=1S/C11H16N4O3/c1-18-11(17)9-4-2-3-6-15(9)10(16)8-14-7-5-12-13-14/h5,7,9H,2-4,6,8H2,1H3. The molecule has 1 unspecified atom stereocenters. The van der Waals surface area contributed by atoms with E-state index >= 15 is 0 Å². The van der Waals surface area contributed by atoms with Gasteiger partial charge in [0.2, 0.25) is 5.91 Å². The number of amides is 1. The number of aromatic nitrogens is 3. The number of ether oxygens (including phenoxy) is 1. The fourth-order valence-electron chi connectivity index (χ4n) is 2.16. The van der Waals surface area contributed by atoms with Crippen LogP contribution in [0.25, 0.3) is 0 Å². The van der Waals surface area contributed by atoms with Crippen molar-refractivity contribution in [2.45, 2.75) is 31.8 Å². The van der Waals surface area contributed by atoms with Gasteiger partial charge in [0.1, 0.15) is 12.6 Å². The predicted molar refractivity (Wildman–Crippen MR) is 61.4 cm³/mol. The summed E-state index contributed by atoms with van der Waals surface area (Å²) in [5.74, 6) is -0.475. The lowest BCUT2D eigenvalue weighted by atomic mass is 10.0. The zero-order valence-electron chi connectivity index (χ0n) is 10.3. The first-order valence-electron chi connectivity index (χ1n) is 5.94. The van der Waals surface area contributed by atoms with E-state index in [1.807, 2.05) is 0 Å². The summed E-state index contributed by atoms with van der Waals surface area (Å²) >= 11 is 0. The highest BCUT2D eigenvalue weighted by Crippen LogP contribution is 2.18. The van der Waals surface area contributed by atoms with Gasteiger partial charge in [0, 0.05) is 12.7 Å². The molecule has 98 valence electrons. The van der Waals surface area contributed by atoms with Crippen LogP contribution in [0.4, 0.5) is 0 Å². The smallest absolute Gasteiger partial charge is 0.328 e. The Bertz CT molecular complexity index is 418. The average molecular weight is 252 g/mol. The van der Waals surface area contributed by atoms with Gasteiger partial charge in [-0.2, -0.15) is 0 Å². The zero-order valence-corrected chi connectivity index (χ0v) is 10.3. The first kappa shape index (κ1) is 12.5. The first-order chi connectivity index (χ1) is 8.72. The Morgan fingerprint density at radius 2 is 2.28 bits per heavy atom. The van der Waals surface area contributed by atoms with Crippen LogP contribution in [0.15, 0.2) is 12.4 Å². The molecule has 2 rings (SSSR count). The number of hydrogen-bond acceptors (Lipinski definition) is 5. The van der Waals surface area contributed by atoms with Crippen molar-refractivity contribution in [2.75, 3.05) is 13.7 Å². The summed E-state index contributed by atoms with van der Waals surface area (Å²) in [6.45, 7) is 0.695. The van der Waals surface area contributed by atoms with E-state index in [-0.39, 0.29) is 18.4 Å². The number of carbonyl (C=O) groups excluding carboxylic acids is 2. The lowest BCUT2D eigenvalue weighted by Gasteiger charge is -2.33. The summed E-state index contributed by atoms with van der Waals surface area (Å²) in [7, 11) is 1.34. The normalized spacial score (nSPS) is 19.6. The van der Waals surface area contributed by atoms with E-state index in [0.29, 0.717) is 13.0 Å². The van der Waals surface area contributed by atoms with Gasteiger partial charge in [-0.3, -0.25) is 4.79 Å². The van der Waals surface area contributed by atoms with Gasteiger partial charge in [0.25, 0.3) is 0 Å². The van der Waals surface area contributed by atoms with Crippen molar-refractivity contribution in [1.29, 1.82) is 0 Å². The molecule has 1 aromatic rings. The van der Waals surface area contributed by atoms with E-state index in [0.717, 1.165) is 12.8 Å². The van der Waals surface area contributed by atoms with Crippen LogP contribution in [-0.2, 0) is 20.9 Å². The molecule has 1 saturated heterocycles. The average Bonchev–Trinajstić information content (AvgIpc) is 2.90. The van der Waals surface area contributed by atoms with Gasteiger partial charge < -0.3 is 9.64 Å². The summed E-state index contributed by atoms with van der Waals surface area (Å²) in [6.07, 6.45) is 5.65. The number of methoxy groups -OCH3 is 1. The summed E-state index contributed by atoms with van der Waals surface area (Å²) in [6, 6.07) is -0.459. The minimum Gasteiger partial charge on any atom is -0.467 e. The van der Waals surface area contributed by atoms with Gasteiger partial charge in [-0.25, -0.2) is 9.48 Å². The van der Waals surface area contributed by atoms with E-state index in [1.165, 1.54) is 18.0 Å². The molecule has 2 heterocycles. The van der Waals surface area contributed by atoms with Gasteiger partial charge in [-0.15, -0.1) is 5.10 Å². The molecule has 18 heavy (non-hydrogen) atoms. The van der Waals surface area contributed by atoms with Crippen LogP contribution in [0.3, 0.4) is 0 Å². The molecule has 1 atom stereocenters. The Hall–Kier alpha value is -1.92. The molecule has 0 spiro atoms. The first-order valence-corrected chi connectivity index (χ1v) is 5.94. The SMILES string of the molecule is COC(=O)C1CCCCN1C(=O)Cn1ccnn1. The molecule has 0 aliphatic carbocycles. The van der Waals surface area contributed by atoms with Crippen molar-refractivity contribution in [1.82, 2.24) is 19.9 Å². The van der Waals surface area contributed by atoms with Crippen LogP contribution in [0.1, 0.15) is 19.3 Å². The lowest BCUT2D eigenvalue weighted by Crippen LogP contribution is -2.49. The van der Waals surface area contributed by atoms with Crippen LogP contribution in [-0.4, -0.2) is 51.5 Å². The second-order valence-electron chi connectivity index (χ2n) is 4.22. The Kier molecular flexibility index (Phi) is 3.91. The number of esters is 1. The zero-order chi connectivity index (χ0) is 13.0. The third kappa shape index (κ3) is 2.66. The minimum atomic E-state index is -0.459. The van der Waals surface area contributed by atoms with Gasteiger partial charge >= 0.3 is 5.97 Å². The summed E-state index contributed by atoms with van der Waals surface area (Å²) < 4.78 is 6.19. The van der Waals surface area contributed by atoms with E-state index in [4.69, 9.17) is 4.74 Å². The number of likely N-dealkylation sites (tertiary alicyclic amines) is 1. The Morgan fingerprint density at radius 3 is 2.94 bits per heavy atom. The molecule has 0 radical (unpaired) electrons. The van der Waals surface area contributed by atoms with Gasteiger partial charge in [0.15, 0.2) is 0 Å². The summed E-state index contributed by atoms with van der Waals surface area (Å²) in [5, 5.41) is 7.39. The van der Waals surface area contributed by atoms with Crippen molar-refractivity contribution in [3.8, 4) is 0 Å². The minimum absolute atomic E-state index is 0.105. The molecule has 0 saturated carbocycles. The van der Waals surface area contributed by atoms with Crippen LogP contribution >= 0.6 is 0 Å². The molecule has 1 aliphatic rings. The number of carbonyl (C=O) groups is 2.